The Hall–Kier alpha value is -2.30. The van der Waals surface area contributed by atoms with Crippen LogP contribution >= 0.6 is 23.2 Å². The normalized spacial score (nSPS) is 27.5. The summed E-state index contributed by atoms with van der Waals surface area (Å²) < 4.78 is 58.2. The fraction of sp³-hybridized carbons (Fsp3) is 0.736. The molecule has 7 aliphatic rings. The molecule has 5 saturated heterocycles. The highest BCUT2D eigenvalue weighted by molar-refractivity contribution is 7.91. The van der Waals surface area contributed by atoms with Crippen molar-refractivity contribution in [3.63, 3.8) is 0 Å². The molecule has 2 aliphatic carbocycles. The number of carbonyl (C=O) groups excluding carboxylic acids is 2. The highest BCUT2D eigenvalue weighted by atomic mass is 35.5. The molecule has 5 aliphatic heterocycles. The quantitative estimate of drug-likeness (QED) is 0.130. The molecule has 382 valence electrons. The molecule has 16 heteroatoms. The van der Waals surface area contributed by atoms with E-state index in [1.807, 2.05) is 4.90 Å². The number of sulfonamides is 1. The Morgan fingerprint density at radius 2 is 1.33 bits per heavy atom. The van der Waals surface area contributed by atoms with Gasteiger partial charge in [0, 0.05) is 91.9 Å². The maximum atomic E-state index is 14.3. The number of benzene rings is 2. The van der Waals surface area contributed by atoms with E-state index in [0.717, 1.165) is 135 Å². The Kier molecular flexibility index (Phi) is 15.6. The second-order valence-electron chi connectivity index (χ2n) is 22.6. The van der Waals surface area contributed by atoms with Crippen LogP contribution in [0.3, 0.4) is 0 Å². The summed E-state index contributed by atoms with van der Waals surface area (Å²) in [7, 11) is -7.34. The number of rotatable bonds is 21. The van der Waals surface area contributed by atoms with Gasteiger partial charge in [-0.25, -0.2) is 16.8 Å². The molecule has 69 heavy (non-hydrogen) atoms. The van der Waals surface area contributed by atoms with E-state index < -0.39 is 19.9 Å². The lowest BCUT2D eigenvalue weighted by Crippen LogP contribution is -2.64. The summed E-state index contributed by atoms with van der Waals surface area (Å²) >= 11 is 12.3. The van der Waals surface area contributed by atoms with Gasteiger partial charge in [0.05, 0.1) is 22.2 Å². The molecule has 7 fully saturated rings. The predicted molar refractivity (Wildman–Crippen MR) is 271 cm³/mol. The Labute approximate surface area is 422 Å². The van der Waals surface area contributed by atoms with Crippen molar-refractivity contribution in [2.24, 2.45) is 22.7 Å². The van der Waals surface area contributed by atoms with E-state index in [-0.39, 0.29) is 63.4 Å². The molecule has 2 amide bonds. The molecule has 2 aromatic carbocycles. The van der Waals surface area contributed by atoms with Crippen molar-refractivity contribution in [2.75, 3.05) is 58.2 Å². The molecule has 0 radical (unpaired) electrons. The molecular weight excluding hydrogens is 954 g/mol. The van der Waals surface area contributed by atoms with E-state index in [1.54, 1.807) is 52.8 Å². The van der Waals surface area contributed by atoms with Crippen molar-refractivity contribution in [1.29, 1.82) is 0 Å². The Morgan fingerprint density at radius 1 is 0.725 bits per heavy atom. The second-order valence-corrected chi connectivity index (χ2v) is 27.3. The fourth-order valence-electron chi connectivity index (χ4n) is 13.8. The topological polar surface area (TPSA) is 139 Å². The first kappa shape index (κ1) is 51.6. The van der Waals surface area contributed by atoms with E-state index in [2.05, 4.69) is 28.5 Å². The molecule has 5 heterocycles. The standard InChI is InChI=1S/C53H77Cl2N5O7S2/c1-3-43-8-5-9-48(60(43)69(66,67)47-18-12-42(55)13-19-47)52(23-24-52)35-49(62)56-29-25-53(26-30-56)27-31-58(53)28-20-40(38-68(64,65)46-16-10-41(54)11-17-46)7-4-6-39(2)51(21-22-51)34-50(63)57-36-44-14-15-45(37-57)59(44)32-33-61/h10-13,16-19,39-40,43-45,48,61H,3-9,14-15,20-38H2,1-2H3/t39-,40+,43-,44?,45?,48-/m1/s1. The fourth-order valence-corrected chi connectivity index (χ4v) is 17.8. The van der Waals surface area contributed by atoms with Gasteiger partial charge in [-0.3, -0.25) is 19.4 Å². The summed E-state index contributed by atoms with van der Waals surface area (Å²) in [5, 5.41) is 10.6. The number of hydrogen-bond donors (Lipinski definition) is 1. The molecule has 2 saturated carbocycles. The van der Waals surface area contributed by atoms with Crippen LogP contribution in [0.2, 0.25) is 10.0 Å². The minimum atomic E-state index is -3.79. The first-order valence-electron chi connectivity index (χ1n) is 26.5. The van der Waals surface area contributed by atoms with Gasteiger partial charge in [-0.05, 0) is 168 Å². The molecular formula is C53H77Cl2N5O7S2. The van der Waals surface area contributed by atoms with E-state index in [4.69, 9.17) is 23.2 Å². The number of sulfone groups is 1. The second kappa shape index (κ2) is 20.9. The van der Waals surface area contributed by atoms with Crippen molar-refractivity contribution in [2.45, 2.75) is 175 Å². The van der Waals surface area contributed by atoms with Crippen LogP contribution in [-0.4, -0.2) is 146 Å². The lowest BCUT2D eigenvalue weighted by Gasteiger charge is -2.57. The number of carbonyl (C=O) groups is 2. The third-order valence-corrected chi connectivity index (χ3v) is 23.1. The van der Waals surface area contributed by atoms with Gasteiger partial charge in [0.2, 0.25) is 21.8 Å². The molecule has 2 aromatic rings. The maximum absolute atomic E-state index is 14.3. The number of hydrogen-bond acceptors (Lipinski definition) is 9. The molecule has 1 N–H and O–H groups in total. The van der Waals surface area contributed by atoms with E-state index in [9.17, 15) is 31.5 Å². The van der Waals surface area contributed by atoms with Crippen LogP contribution < -0.4 is 0 Å². The van der Waals surface area contributed by atoms with Gasteiger partial charge in [-0.15, -0.1) is 0 Å². The summed E-state index contributed by atoms with van der Waals surface area (Å²) in [6.07, 6.45) is 16.6. The smallest absolute Gasteiger partial charge is 0.243 e. The number of aliphatic hydroxyl groups is 1. The zero-order chi connectivity index (χ0) is 48.8. The van der Waals surface area contributed by atoms with Crippen molar-refractivity contribution < 1.29 is 31.5 Å². The molecule has 2 unspecified atom stereocenters. The molecule has 2 bridgehead atoms. The van der Waals surface area contributed by atoms with Crippen molar-refractivity contribution in [3.8, 4) is 0 Å². The van der Waals surface area contributed by atoms with E-state index >= 15 is 0 Å². The van der Waals surface area contributed by atoms with Crippen LogP contribution in [0.1, 0.15) is 136 Å². The number of halogens is 2. The lowest BCUT2D eigenvalue weighted by molar-refractivity contribution is -0.139. The lowest BCUT2D eigenvalue weighted by atomic mass is 9.75. The van der Waals surface area contributed by atoms with Gasteiger partial charge in [-0.1, -0.05) is 56.3 Å². The van der Waals surface area contributed by atoms with Crippen LogP contribution in [0, 0.1) is 22.7 Å². The predicted octanol–water partition coefficient (Wildman–Crippen LogP) is 8.68. The molecule has 0 aromatic heterocycles. The molecule has 12 nitrogen and oxygen atoms in total. The zero-order valence-electron chi connectivity index (χ0n) is 41.1. The molecule has 6 atom stereocenters. The Bertz CT molecular complexity index is 2340. The first-order chi connectivity index (χ1) is 33.0. The Morgan fingerprint density at radius 3 is 1.90 bits per heavy atom. The minimum Gasteiger partial charge on any atom is -0.395 e. The van der Waals surface area contributed by atoms with Crippen molar-refractivity contribution in [3.05, 3.63) is 58.6 Å². The highest BCUT2D eigenvalue weighted by Crippen LogP contribution is 2.58. The monoisotopic (exact) mass is 1030 g/mol. The van der Waals surface area contributed by atoms with Crippen molar-refractivity contribution >= 4 is 54.9 Å². The van der Waals surface area contributed by atoms with Gasteiger partial charge >= 0.3 is 0 Å². The van der Waals surface area contributed by atoms with Crippen LogP contribution in [0.4, 0.5) is 0 Å². The van der Waals surface area contributed by atoms with E-state index in [1.165, 1.54) is 0 Å². The van der Waals surface area contributed by atoms with Gasteiger partial charge in [-0.2, -0.15) is 4.31 Å². The highest BCUT2D eigenvalue weighted by Gasteiger charge is 2.58. The van der Waals surface area contributed by atoms with Crippen LogP contribution in [0.25, 0.3) is 0 Å². The number of fused-ring (bicyclic) bond motifs is 2. The average Bonchev–Trinajstić information content (AvgIpc) is 4.27. The largest absolute Gasteiger partial charge is 0.395 e. The zero-order valence-corrected chi connectivity index (χ0v) is 44.2. The summed E-state index contributed by atoms with van der Waals surface area (Å²) in [6.45, 7) is 9.88. The number of aliphatic hydroxyl groups excluding tert-OH is 1. The van der Waals surface area contributed by atoms with Gasteiger partial charge in [0.25, 0.3) is 0 Å². The number of likely N-dealkylation sites (tertiary alicyclic amines) is 3. The number of piperazine rings is 1. The van der Waals surface area contributed by atoms with Crippen LogP contribution in [0.5, 0.6) is 0 Å². The summed E-state index contributed by atoms with van der Waals surface area (Å²) in [4.78, 5) is 37.7. The van der Waals surface area contributed by atoms with Gasteiger partial charge in [0.15, 0.2) is 9.84 Å². The summed E-state index contributed by atoms with van der Waals surface area (Å²) in [5.41, 5.74) is -0.288. The third kappa shape index (κ3) is 11.0. The van der Waals surface area contributed by atoms with Gasteiger partial charge in [0.1, 0.15) is 0 Å². The average molecular weight is 1030 g/mol. The van der Waals surface area contributed by atoms with E-state index in [0.29, 0.717) is 65.4 Å². The van der Waals surface area contributed by atoms with Crippen LogP contribution in [-0.2, 0) is 29.4 Å². The summed E-state index contributed by atoms with van der Waals surface area (Å²) in [5.74, 6) is 0.849. The maximum Gasteiger partial charge on any atom is 0.243 e. The third-order valence-electron chi connectivity index (χ3n) is 18.7. The summed E-state index contributed by atoms with van der Waals surface area (Å²) in [6, 6.07) is 13.4. The number of piperidine rings is 2. The SMILES string of the molecule is CC[C@@H]1CCC[C@H](C2(CC(=O)N3CCC4(CC3)CCN4CC[C@H](CCC[C@@H](C)C3(CC(=O)N4CC5CCC(C4)N5CCO)CC3)CS(=O)(=O)c3ccc(Cl)cc3)CC2)N1S(=O)(=O)c1ccc(Cl)cc1. The minimum absolute atomic E-state index is 0.0131. The first-order valence-corrected chi connectivity index (χ1v) is 30.3. The van der Waals surface area contributed by atoms with Crippen molar-refractivity contribution in [1.82, 2.24) is 23.9 Å². The van der Waals surface area contributed by atoms with Crippen LogP contribution in [0.15, 0.2) is 58.3 Å². The molecule has 1 spiro atoms. The Balaban J connectivity index is 0.792. The number of nitrogens with zero attached hydrogens (tertiary/aromatic N) is 5. The number of amides is 2. The molecule has 9 rings (SSSR count). The van der Waals surface area contributed by atoms with Gasteiger partial charge < -0.3 is 14.9 Å².